The Balaban J connectivity index is 3.05. The van der Waals surface area contributed by atoms with Gasteiger partial charge < -0.3 is 9.73 Å². The number of nitrogens with zero attached hydrogens (tertiary/aromatic N) is 1. The van der Waals surface area contributed by atoms with Gasteiger partial charge in [0, 0.05) is 5.54 Å². The monoisotopic (exact) mass is 302 g/mol. The molecule has 1 rings (SSSR count). The minimum atomic E-state index is -0.00137. The molecule has 0 aliphatic rings. The van der Waals surface area contributed by atoms with Gasteiger partial charge in [-0.3, -0.25) is 4.90 Å². The lowest BCUT2D eigenvalue weighted by Crippen LogP contribution is -2.51. The number of hydrogen-bond acceptors (Lipinski definition) is 3. The molecule has 4 heteroatoms. The number of furan rings is 1. The van der Waals surface area contributed by atoms with Gasteiger partial charge in [0.25, 0.3) is 0 Å². The predicted molar refractivity (Wildman–Crippen MR) is 75.2 cm³/mol. The molecule has 98 valence electrons. The van der Waals surface area contributed by atoms with Crippen LogP contribution in [-0.2, 0) is 0 Å². The van der Waals surface area contributed by atoms with Crippen molar-refractivity contribution in [2.45, 2.75) is 39.3 Å². The van der Waals surface area contributed by atoms with Crippen LogP contribution in [0.25, 0.3) is 0 Å². The van der Waals surface area contributed by atoms with E-state index in [1.165, 1.54) is 0 Å². The van der Waals surface area contributed by atoms with Crippen LogP contribution >= 0.6 is 15.9 Å². The summed E-state index contributed by atoms with van der Waals surface area (Å²) in [6.45, 7) is 10.9. The van der Waals surface area contributed by atoms with Gasteiger partial charge in [0.1, 0.15) is 5.76 Å². The fourth-order valence-corrected chi connectivity index (χ4v) is 2.97. The van der Waals surface area contributed by atoms with Crippen LogP contribution in [0.3, 0.4) is 0 Å². The smallest absolute Gasteiger partial charge is 0.136 e. The predicted octanol–water partition coefficient (Wildman–Crippen LogP) is 3.42. The standard InChI is InChI=1S/C13H23BrN2O/c1-6-16(7-2)13(3,4)12(15-5)11-10(14)8-9-17-11/h8-9,12,15H,6-7H2,1-5H3. The summed E-state index contributed by atoms with van der Waals surface area (Å²) in [4.78, 5) is 2.43. The zero-order chi connectivity index (χ0) is 13.1. The Kier molecular flexibility index (Phi) is 5.22. The first-order valence-corrected chi connectivity index (χ1v) is 6.93. The maximum absolute atomic E-state index is 5.61. The van der Waals surface area contributed by atoms with E-state index in [0.29, 0.717) is 0 Å². The largest absolute Gasteiger partial charge is 0.466 e. The Hall–Kier alpha value is -0.320. The molecule has 1 unspecified atom stereocenters. The van der Waals surface area contributed by atoms with Crippen LogP contribution in [0, 0.1) is 0 Å². The molecular weight excluding hydrogens is 280 g/mol. The summed E-state index contributed by atoms with van der Waals surface area (Å²) in [6.07, 6.45) is 1.72. The molecule has 17 heavy (non-hydrogen) atoms. The number of rotatable bonds is 6. The van der Waals surface area contributed by atoms with Gasteiger partial charge in [-0.05, 0) is 56.0 Å². The second-order valence-electron chi connectivity index (χ2n) is 4.68. The minimum Gasteiger partial charge on any atom is -0.466 e. The van der Waals surface area contributed by atoms with Crippen LogP contribution in [0.15, 0.2) is 21.2 Å². The first kappa shape index (κ1) is 14.7. The van der Waals surface area contributed by atoms with Crippen LogP contribution in [0.4, 0.5) is 0 Å². The van der Waals surface area contributed by atoms with E-state index in [4.69, 9.17) is 4.42 Å². The normalized spacial score (nSPS) is 14.3. The minimum absolute atomic E-state index is 0.00137. The van der Waals surface area contributed by atoms with Gasteiger partial charge in [-0.15, -0.1) is 0 Å². The molecule has 1 atom stereocenters. The Labute approximate surface area is 113 Å². The highest BCUT2D eigenvalue weighted by Gasteiger charge is 2.36. The van der Waals surface area contributed by atoms with Crippen molar-refractivity contribution in [2.24, 2.45) is 0 Å². The van der Waals surface area contributed by atoms with Crippen LogP contribution in [0.5, 0.6) is 0 Å². The van der Waals surface area contributed by atoms with Crippen molar-refractivity contribution >= 4 is 15.9 Å². The zero-order valence-electron chi connectivity index (χ0n) is 11.4. The second kappa shape index (κ2) is 6.03. The third-order valence-electron chi connectivity index (χ3n) is 3.48. The van der Waals surface area contributed by atoms with Crippen LogP contribution in [-0.4, -0.2) is 30.6 Å². The average molecular weight is 303 g/mol. The van der Waals surface area contributed by atoms with Gasteiger partial charge in [0.2, 0.25) is 0 Å². The molecule has 1 N–H and O–H groups in total. The average Bonchev–Trinajstić information content (AvgIpc) is 2.67. The molecule has 0 spiro atoms. The van der Waals surface area contributed by atoms with Gasteiger partial charge in [0.15, 0.2) is 0 Å². The molecule has 0 saturated heterocycles. The van der Waals surface area contributed by atoms with E-state index in [1.54, 1.807) is 6.26 Å². The lowest BCUT2D eigenvalue weighted by Gasteiger charge is -2.42. The topological polar surface area (TPSA) is 28.4 Å². The van der Waals surface area contributed by atoms with E-state index in [2.05, 4.69) is 53.8 Å². The van der Waals surface area contributed by atoms with E-state index in [0.717, 1.165) is 23.3 Å². The number of likely N-dealkylation sites (N-methyl/N-ethyl adjacent to an activating group) is 2. The van der Waals surface area contributed by atoms with Gasteiger partial charge in [-0.1, -0.05) is 13.8 Å². The number of nitrogens with one attached hydrogen (secondary N) is 1. The molecule has 0 bridgehead atoms. The van der Waals surface area contributed by atoms with E-state index < -0.39 is 0 Å². The molecule has 0 fully saturated rings. The molecule has 1 heterocycles. The van der Waals surface area contributed by atoms with Gasteiger partial charge in [-0.2, -0.15) is 0 Å². The van der Waals surface area contributed by atoms with Crippen molar-refractivity contribution < 1.29 is 4.42 Å². The summed E-state index contributed by atoms with van der Waals surface area (Å²) in [5.41, 5.74) is -0.00137. The third kappa shape index (κ3) is 2.92. The van der Waals surface area contributed by atoms with Crippen LogP contribution in [0.2, 0.25) is 0 Å². The Morgan fingerprint density at radius 3 is 2.35 bits per heavy atom. The fraction of sp³-hybridized carbons (Fsp3) is 0.692. The fourth-order valence-electron chi connectivity index (χ4n) is 2.54. The van der Waals surface area contributed by atoms with Crippen molar-refractivity contribution in [3.05, 3.63) is 22.6 Å². The van der Waals surface area contributed by atoms with Crippen molar-refractivity contribution in [1.29, 1.82) is 0 Å². The summed E-state index contributed by atoms with van der Waals surface area (Å²) < 4.78 is 6.63. The van der Waals surface area contributed by atoms with Crippen molar-refractivity contribution in [1.82, 2.24) is 10.2 Å². The Bertz CT molecular complexity index is 345. The Morgan fingerprint density at radius 1 is 1.41 bits per heavy atom. The summed E-state index contributed by atoms with van der Waals surface area (Å²) in [6, 6.07) is 2.10. The summed E-state index contributed by atoms with van der Waals surface area (Å²) in [5.74, 6) is 0.962. The molecule has 0 saturated carbocycles. The molecule has 1 aromatic rings. The van der Waals surface area contributed by atoms with E-state index in [9.17, 15) is 0 Å². The highest BCUT2D eigenvalue weighted by molar-refractivity contribution is 9.10. The molecule has 0 radical (unpaired) electrons. The van der Waals surface area contributed by atoms with Gasteiger partial charge in [-0.25, -0.2) is 0 Å². The lowest BCUT2D eigenvalue weighted by atomic mass is 9.90. The second-order valence-corrected chi connectivity index (χ2v) is 5.53. The quantitative estimate of drug-likeness (QED) is 0.873. The van der Waals surface area contributed by atoms with Gasteiger partial charge in [0.05, 0.1) is 16.8 Å². The first-order valence-electron chi connectivity index (χ1n) is 6.14. The lowest BCUT2D eigenvalue weighted by molar-refractivity contribution is 0.0849. The number of hydrogen-bond donors (Lipinski definition) is 1. The number of halogens is 1. The molecule has 0 aliphatic carbocycles. The van der Waals surface area contributed by atoms with Crippen molar-refractivity contribution in [3.8, 4) is 0 Å². The molecular formula is C13H23BrN2O. The molecule has 0 aliphatic heterocycles. The van der Waals surface area contributed by atoms with E-state index >= 15 is 0 Å². The molecule has 1 aromatic heterocycles. The first-order chi connectivity index (χ1) is 7.98. The summed E-state index contributed by atoms with van der Waals surface area (Å²) >= 11 is 3.54. The third-order valence-corrected chi connectivity index (χ3v) is 4.14. The van der Waals surface area contributed by atoms with Crippen LogP contribution < -0.4 is 5.32 Å². The molecule has 0 aromatic carbocycles. The maximum Gasteiger partial charge on any atom is 0.136 e. The maximum atomic E-state index is 5.61. The van der Waals surface area contributed by atoms with E-state index in [-0.39, 0.29) is 11.6 Å². The summed E-state index contributed by atoms with van der Waals surface area (Å²) in [5, 5.41) is 3.37. The molecule has 0 amide bonds. The van der Waals surface area contributed by atoms with Crippen molar-refractivity contribution in [2.75, 3.05) is 20.1 Å². The zero-order valence-corrected chi connectivity index (χ0v) is 13.0. The van der Waals surface area contributed by atoms with Gasteiger partial charge >= 0.3 is 0 Å². The van der Waals surface area contributed by atoms with E-state index in [1.807, 2.05) is 13.1 Å². The molecule has 3 nitrogen and oxygen atoms in total. The Morgan fingerprint density at radius 2 is 2.00 bits per heavy atom. The summed E-state index contributed by atoms with van der Waals surface area (Å²) in [7, 11) is 1.98. The highest BCUT2D eigenvalue weighted by Crippen LogP contribution is 2.35. The SMILES string of the molecule is CCN(CC)C(C)(C)C(NC)c1occc1Br. The van der Waals surface area contributed by atoms with Crippen molar-refractivity contribution in [3.63, 3.8) is 0 Å². The van der Waals surface area contributed by atoms with Crippen LogP contribution in [0.1, 0.15) is 39.5 Å². The highest BCUT2D eigenvalue weighted by atomic mass is 79.9.